The van der Waals surface area contributed by atoms with Gasteiger partial charge in [-0.15, -0.1) is 0 Å². The van der Waals surface area contributed by atoms with Crippen molar-refractivity contribution in [3.63, 3.8) is 0 Å². The van der Waals surface area contributed by atoms with E-state index in [2.05, 4.69) is 12.2 Å². The number of rotatable bonds is 5. The quantitative estimate of drug-likeness (QED) is 0.780. The first-order chi connectivity index (χ1) is 9.56. The number of hydrogen-bond acceptors (Lipinski definition) is 2. The normalized spacial score (nSPS) is 22.5. The fourth-order valence-electron chi connectivity index (χ4n) is 2.90. The monoisotopic (exact) mass is 310 g/mol. The van der Waals surface area contributed by atoms with Crippen LogP contribution in [0.3, 0.4) is 0 Å². The van der Waals surface area contributed by atoms with Crippen LogP contribution in [-0.2, 0) is 0 Å². The van der Waals surface area contributed by atoms with Crippen LogP contribution in [-0.4, -0.2) is 11.5 Å². The van der Waals surface area contributed by atoms with Crippen LogP contribution in [0.1, 0.15) is 44.6 Å². The highest BCUT2D eigenvalue weighted by Gasteiger charge is 2.17. The summed E-state index contributed by atoms with van der Waals surface area (Å²) >= 11 is 11.1. The molecule has 0 aromatic heterocycles. The zero-order valence-electron chi connectivity index (χ0n) is 12.0. The molecule has 1 aliphatic carbocycles. The lowest BCUT2D eigenvalue weighted by atomic mass is 9.81. The molecule has 1 fully saturated rings. The Morgan fingerprint density at radius 1 is 1.35 bits per heavy atom. The summed E-state index contributed by atoms with van der Waals surface area (Å²) in [6, 6.07) is 5.65. The van der Waals surface area contributed by atoms with E-state index in [0.717, 1.165) is 29.6 Å². The molecule has 0 atom stereocenters. The minimum Gasteiger partial charge on any atom is -0.389 e. The van der Waals surface area contributed by atoms with Crippen LogP contribution in [0.5, 0.6) is 0 Å². The molecule has 1 aromatic carbocycles. The van der Waals surface area contributed by atoms with Gasteiger partial charge in [0.1, 0.15) is 4.99 Å². The molecule has 0 aliphatic heterocycles. The van der Waals surface area contributed by atoms with Gasteiger partial charge in [0.25, 0.3) is 0 Å². The minimum atomic E-state index is 0.390. The number of benzene rings is 1. The maximum absolute atomic E-state index is 5.99. The van der Waals surface area contributed by atoms with E-state index in [1.165, 1.54) is 32.1 Å². The Labute approximate surface area is 132 Å². The zero-order valence-corrected chi connectivity index (χ0v) is 13.6. The van der Waals surface area contributed by atoms with Gasteiger partial charge in [0.05, 0.1) is 0 Å². The molecular formula is C16H23ClN2S. The smallest absolute Gasteiger partial charge is 0.106 e. The highest BCUT2D eigenvalue weighted by atomic mass is 35.5. The van der Waals surface area contributed by atoms with Crippen LogP contribution in [0.2, 0.25) is 5.02 Å². The fourth-order valence-corrected chi connectivity index (χ4v) is 3.24. The Hall–Kier alpha value is -0.800. The summed E-state index contributed by atoms with van der Waals surface area (Å²) in [4.78, 5) is 0.390. The average Bonchev–Trinajstić information content (AvgIpc) is 2.42. The molecule has 0 unspecified atom stereocenters. The van der Waals surface area contributed by atoms with Crippen LogP contribution in [0.15, 0.2) is 18.2 Å². The first-order valence-electron chi connectivity index (χ1n) is 7.39. The maximum atomic E-state index is 5.99. The van der Waals surface area contributed by atoms with Gasteiger partial charge in [-0.25, -0.2) is 0 Å². The summed E-state index contributed by atoms with van der Waals surface area (Å²) in [5.41, 5.74) is 7.58. The zero-order chi connectivity index (χ0) is 14.5. The Bertz CT molecular complexity index is 468. The number of hydrogen-bond donors (Lipinski definition) is 2. The molecule has 0 bridgehead atoms. The van der Waals surface area contributed by atoms with Crippen LogP contribution >= 0.6 is 23.8 Å². The number of anilines is 1. The molecule has 3 N–H and O–H groups in total. The molecule has 1 aliphatic rings. The van der Waals surface area contributed by atoms with E-state index in [4.69, 9.17) is 29.6 Å². The lowest BCUT2D eigenvalue weighted by molar-refractivity contribution is 0.282. The van der Waals surface area contributed by atoms with E-state index < -0.39 is 0 Å². The topological polar surface area (TPSA) is 38.0 Å². The maximum Gasteiger partial charge on any atom is 0.106 e. The number of halogens is 1. The standard InChI is InChI=1S/C16H23ClN2S/c1-11-2-4-12(5-3-11)8-9-19-15-7-6-13(17)10-14(15)16(18)20/h6-7,10-12,19H,2-5,8-9H2,1H3,(H2,18,20). The van der Waals surface area contributed by atoms with Crippen LogP contribution in [0, 0.1) is 11.8 Å². The largest absolute Gasteiger partial charge is 0.389 e. The van der Waals surface area contributed by atoms with Crippen molar-refractivity contribution < 1.29 is 0 Å². The first kappa shape index (κ1) is 15.6. The summed E-state index contributed by atoms with van der Waals surface area (Å²) in [5, 5.41) is 4.12. The van der Waals surface area contributed by atoms with Crippen LogP contribution < -0.4 is 11.1 Å². The summed E-state index contributed by atoms with van der Waals surface area (Å²) in [6.07, 6.45) is 6.71. The molecule has 110 valence electrons. The summed E-state index contributed by atoms with van der Waals surface area (Å²) in [7, 11) is 0. The Morgan fingerprint density at radius 3 is 2.70 bits per heavy atom. The third-order valence-electron chi connectivity index (χ3n) is 4.25. The van der Waals surface area contributed by atoms with Crippen LogP contribution in [0.4, 0.5) is 5.69 Å². The van der Waals surface area contributed by atoms with E-state index in [-0.39, 0.29) is 0 Å². The van der Waals surface area contributed by atoms with Gasteiger partial charge in [-0.3, -0.25) is 0 Å². The van der Waals surface area contributed by atoms with E-state index in [1.54, 1.807) is 0 Å². The van der Waals surface area contributed by atoms with E-state index >= 15 is 0 Å². The van der Waals surface area contributed by atoms with Crippen molar-refractivity contribution in [1.29, 1.82) is 0 Å². The first-order valence-corrected chi connectivity index (χ1v) is 8.18. The molecule has 1 saturated carbocycles. The van der Waals surface area contributed by atoms with Crippen LogP contribution in [0.25, 0.3) is 0 Å². The minimum absolute atomic E-state index is 0.390. The number of nitrogens with one attached hydrogen (secondary N) is 1. The van der Waals surface area contributed by atoms with Gasteiger partial charge in [-0.05, 0) is 36.5 Å². The average molecular weight is 311 g/mol. The van der Waals surface area contributed by atoms with Crippen molar-refractivity contribution in [2.45, 2.75) is 39.0 Å². The molecule has 0 radical (unpaired) electrons. The van der Waals surface area contributed by atoms with E-state index in [9.17, 15) is 0 Å². The Kier molecular flexibility index (Phi) is 5.67. The Morgan fingerprint density at radius 2 is 2.05 bits per heavy atom. The molecule has 0 heterocycles. The van der Waals surface area contributed by atoms with Gasteiger partial charge in [0, 0.05) is 22.8 Å². The van der Waals surface area contributed by atoms with E-state index in [0.29, 0.717) is 10.0 Å². The second-order valence-corrected chi connectivity index (χ2v) is 6.77. The van der Waals surface area contributed by atoms with Crippen molar-refractivity contribution in [2.24, 2.45) is 17.6 Å². The predicted octanol–water partition coefficient (Wildman–Crippen LogP) is 4.60. The molecule has 0 spiro atoms. The van der Waals surface area contributed by atoms with Gasteiger partial charge in [-0.2, -0.15) is 0 Å². The van der Waals surface area contributed by atoms with Crippen molar-refractivity contribution in [1.82, 2.24) is 0 Å². The molecule has 2 rings (SSSR count). The second kappa shape index (κ2) is 7.28. The lowest BCUT2D eigenvalue weighted by Gasteiger charge is -2.26. The number of nitrogens with two attached hydrogens (primary N) is 1. The van der Waals surface area contributed by atoms with Crippen molar-refractivity contribution in [3.8, 4) is 0 Å². The number of thiocarbonyl (C=S) groups is 1. The molecule has 20 heavy (non-hydrogen) atoms. The molecular weight excluding hydrogens is 288 g/mol. The second-order valence-electron chi connectivity index (χ2n) is 5.90. The highest BCUT2D eigenvalue weighted by Crippen LogP contribution is 2.30. The van der Waals surface area contributed by atoms with Gasteiger partial charge >= 0.3 is 0 Å². The summed E-state index contributed by atoms with van der Waals surface area (Å²) in [5.74, 6) is 1.77. The lowest BCUT2D eigenvalue weighted by Crippen LogP contribution is -2.17. The third-order valence-corrected chi connectivity index (χ3v) is 4.71. The summed E-state index contributed by atoms with van der Waals surface area (Å²) < 4.78 is 0. The molecule has 0 amide bonds. The Balaban J connectivity index is 1.86. The van der Waals surface area contributed by atoms with E-state index in [1.807, 2.05) is 18.2 Å². The predicted molar refractivity (Wildman–Crippen MR) is 91.6 cm³/mol. The molecule has 1 aromatic rings. The molecule has 0 saturated heterocycles. The molecule has 4 heteroatoms. The highest BCUT2D eigenvalue weighted by molar-refractivity contribution is 7.80. The van der Waals surface area contributed by atoms with Gasteiger partial charge in [0.2, 0.25) is 0 Å². The SMILES string of the molecule is CC1CCC(CCNc2ccc(Cl)cc2C(N)=S)CC1. The fraction of sp³-hybridized carbons (Fsp3) is 0.562. The summed E-state index contributed by atoms with van der Waals surface area (Å²) in [6.45, 7) is 3.33. The van der Waals surface area contributed by atoms with Gasteiger partial charge < -0.3 is 11.1 Å². The van der Waals surface area contributed by atoms with Crippen molar-refractivity contribution >= 4 is 34.5 Å². The van der Waals surface area contributed by atoms with Gasteiger partial charge in [0.15, 0.2) is 0 Å². The van der Waals surface area contributed by atoms with Gasteiger partial charge in [-0.1, -0.05) is 56.4 Å². The van der Waals surface area contributed by atoms with Crippen molar-refractivity contribution in [3.05, 3.63) is 28.8 Å². The molecule has 2 nitrogen and oxygen atoms in total. The van der Waals surface area contributed by atoms with Crippen molar-refractivity contribution in [2.75, 3.05) is 11.9 Å². The third kappa shape index (κ3) is 4.35.